The Morgan fingerprint density at radius 2 is 2.15 bits per heavy atom. The molecule has 1 aromatic rings. The van der Waals surface area contributed by atoms with E-state index in [1.165, 1.54) is 0 Å². The topological polar surface area (TPSA) is 49.3 Å². The van der Waals surface area contributed by atoms with E-state index >= 15 is 0 Å². The predicted molar refractivity (Wildman–Crippen MR) is 82.5 cm³/mol. The van der Waals surface area contributed by atoms with Crippen LogP contribution < -0.4 is 5.32 Å². The maximum atomic E-state index is 11.9. The molecule has 0 fully saturated rings. The molecule has 0 saturated carbocycles. The number of amides is 1. The number of nitrogens with one attached hydrogen (secondary N) is 1. The quantitative estimate of drug-likeness (QED) is 0.810. The molecule has 0 bridgehead atoms. The van der Waals surface area contributed by atoms with Crippen LogP contribution in [0.3, 0.4) is 0 Å². The molecule has 1 amide bonds. The lowest BCUT2D eigenvalue weighted by Gasteiger charge is -2.13. The molecule has 3 heteroatoms. The molecule has 0 saturated heterocycles. The largest absolute Gasteiger partial charge is 0.395 e. The monoisotopic (exact) mass is 273 g/mol. The molecule has 0 aliphatic carbocycles. The normalized spacial score (nSPS) is 11.4. The Bertz CT molecular complexity index is 511. The minimum absolute atomic E-state index is 0.0173. The van der Waals surface area contributed by atoms with Gasteiger partial charge in [-0.2, -0.15) is 0 Å². The van der Waals surface area contributed by atoms with Crippen molar-refractivity contribution in [3.63, 3.8) is 0 Å². The van der Waals surface area contributed by atoms with Gasteiger partial charge in [0.25, 0.3) is 0 Å². The summed E-state index contributed by atoms with van der Waals surface area (Å²) in [5.74, 6) is 5.99. The minimum Gasteiger partial charge on any atom is -0.395 e. The molecule has 3 nitrogen and oxygen atoms in total. The lowest BCUT2D eigenvalue weighted by atomic mass is 10.0. The van der Waals surface area contributed by atoms with E-state index in [-0.39, 0.29) is 18.4 Å². The molecule has 0 aromatic heterocycles. The van der Waals surface area contributed by atoms with Crippen LogP contribution >= 0.6 is 0 Å². The number of anilines is 1. The van der Waals surface area contributed by atoms with Gasteiger partial charge in [0, 0.05) is 23.6 Å². The van der Waals surface area contributed by atoms with E-state index in [1.54, 1.807) is 0 Å². The molecule has 2 N–H and O–H groups in total. The number of benzene rings is 1. The summed E-state index contributed by atoms with van der Waals surface area (Å²) in [5.41, 5.74) is 2.86. The van der Waals surface area contributed by atoms with Crippen molar-refractivity contribution in [2.45, 2.75) is 40.0 Å². The van der Waals surface area contributed by atoms with Gasteiger partial charge in [-0.25, -0.2) is 0 Å². The average molecular weight is 273 g/mol. The Hall–Kier alpha value is -1.79. The zero-order valence-electron chi connectivity index (χ0n) is 12.5. The second kappa shape index (κ2) is 8.39. The fraction of sp³-hybridized carbons (Fsp3) is 0.471. The number of hydrogen-bond acceptors (Lipinski definition) is 2. The van der Waals surface area contributed by atoms with Gasteiger partial charge in [0.15, 0.2) is 0 Å². The van der Waals surface area contributed by atoms with E-state index in [2.05, 4.69) is 24.1 Å². The summed E-state index contributed by atoms with van der Waals surface area (Å²) >= 11 is 0. The van der Waals surface area contributed by atoms with Crippen molar-refractivity contribution in [2.75, 3.05) is 11.9 Å². The van der Waals surface area contributed by atoms with Gasteiger partial charge >= 0.3 is 0 Å². The molecule has 1 atom stereocenters. The molecule has 20 heavy (non-hydrogen) atoms. The summed E-state index contributed by atoms with van der Waals surface area (Å²) in [6.45, 7) is 6.07. The lowest BCUT2D eigenvalue weighted by Crippen LogP contribution is -2.20. The van der Waals surface area contributed by atoms with E-state index in [9.17, 15) is 4.79 Å². The highest BCUT2D eigenvalue weighted by Gasteiger charge is 2.12. The maximum Gasteiger partial charge on any atom is 0.227 e. The number of aryl methyl sites for hydroxylation is 1. The van der Waals surface area contributed by atoms with E-state index < -0.39 is 0 Å². The molecule has 108 valence electrons. The summed E-state index contributed by atoms with van der Waals surface area (Å²) in [6.07, 6.45) is 2.15. The highest BCUT2D eigenvalue weighted by molar-refractivity contribution is 5.93. The second-order valence-electron chi connectivity index (χ2n) is 4.80. The standard InChI is InChI=1S/C17H23NO2/c1-4-13(3)17(20)18-16-10-9-14(8-6-7-11-19)12-15(16)5-2/h9-10,12-13,19H,4-5,7,11H2,1-3H3,(H,18,20). The van der Waals surface area contributed by atoms with Gasteiger partial charge in [-0.05, 0) is 36.6 Å². The molecular formula is C17H23NO2. The highest BCUT2D eigenvalue weighted by Crippen LogP contribution is 2.19. The van der Waals surface area contributed by atoms with Crippen molar-refractivity contribution in [3.05, 3.63) is 29.3 Å². The van der Waals surface area contributed by atoms with Crippen molar-refractivity contribution in [2.24, 2.45) is 5.92 Å². The van der Waals surface area contributed by atoms with Gasteiger partial charge in [0.1, 0.15) is 0 Å². The van der Waals surface area contributed by atoms with Crippen molar-refractivity contribution in [1.29, 1.82) is 0 Å². The van der Waals surface area contributed by atoms with Crippen LogP contribution in [0.4, 0.5) is 5.69 Å². The van der Waals surface area contributed by atoms with Crippen LogP contribution in [0.1, 0.15) is 44.7 Å². The lowest BCUT2D eigenvalue weighted by molar-refractivity contribution is -0.119. The average Bonchev–Trinajstić information content (AvgIpc) is 2.47. The summed E-state index contributed by atoms with van der Waals surface area (Å²) in [6, 6.07) is 5.80. The third kappa shape index (κ3) is 4.71. The van der Waals surface area contributed by atoms with Crippen molar-refractivity contribution in [3.8, 4) is 11.8 Å². The van der Waals surface area contributed by atoms with Crippen LogP contribution in [0, 0.1) is 17.8 Å². The molecule has 1 aromatic carbocycles. The number of carbonyl (C=O) groups excluding carboxylic acids is 1. The molecule has 1 rings (SSSR count). The summed E-state index contributed by atoms with van der Waals surface area (Å²) in [5, 5.41) is 11.7. The van der Waals surface area contributed by atoms with Gasteiger partial charge in [0.05, 0.1) is 6.61 Å². The van der Waals surface area contributed by atoms with Crippen molar-refractivity contribution < 1.29 is 9.90 Å². The highest BCUT2D eigenvalue weighted by atomic mass is 16.2. The SMILES string of the molecule is CCc1cc(C#CCCO)ccc1NC(=O)C(C)CC. The summed E-state index contributed by atoms with van der Waals surface area (Å²) < 4.78 is 0. The van der Waals surface area contributed by atoms with E-state index in [1.807, 2.05) is 32.0 Å². The Labute approximate surface area is 121 Å². The molecular weight excluding hydrogens is 250 g/mol. The number of aliphatic hydroxyl groups excluding tert-OH is 1. The van der Waals surface area contributed by atoms with Gasteiger partial charge < -0.3 is 10.4 Å². The zero-order chi connectivity index (χ0) is 15.0. The van der Waals surface area contributed by atoms with Gasteiger partial charge in [-0.3, -0.25) is 4.79 Å². The van der Waals surface area contributed by atoms with E-state index in [0.717, 1.165) is 29.7 Å². The Morgan fingerprint density at radius 1 is 1.40 bits per heavy atom. The Balaban J connectivity index is 2.89. The fourth-order valence-electron chi connectivity index (χ4n) is 1.75. The van der Waals surface area contributed by atoms with Gasteiger partial charge in [-0.15, -0.1) is 0 Å². The van der Waals surface area contributed by atoms with Gasteiger partial charge in [-0.1, -0.05) is 32.6 Å². The number of aliphatic hydroxyl groups is 1. The molecule has 0 radical (unpaired) electrons. The van der Waals surface area contributed by atoms with Crippen LogP contribution in [0.5, 0.6) is 0 Å². The predicted octanol–water partition coefficient (Wildman–Crippen LogP) is 2.97. The minimum atomic E-state index is 0.0173. The summed E-state index contributed by atoms with van der Waals surface area (Å²) in [7, 11) is 0. The molecule has 0 aliphatic rings. The molecule has 0 aliphatic heterocycles. The first-order valence-corrected chi connectivity index (χ1v) is 7.15. The van der Waals surface area contributed by atoms with Crippen LogP contribution in [-0.4, -0.2) is 17.6 Å². The molecule has 1 unspecified atom stereocenters. The zero-order valence-corrected chi connectivity index (χ0v) is 12.5. The van der Waals surface area contributed by atoms with Crippen molar-refractivity contribution in [1.82, 2.24) is 0 Å². The first kappa shape index (κ1) is 16.3. The first-order chi connectivity index (χ1) is 9.62. The molecule has 0 heterocycles. The van der Waals surface area contributed by atoms with Crippen LogP contribution in [-0.2, 0) is 11.2 Å². The number of rotatable bonds is 5. The van der Waals surface area contributed by atoms with Crippen LogP contribution in [0.25, 0.3) is 0 Å². The maximum absolute atomic E-state index is 11.9. The van der Waals surface area contributed by atoms with E-state index in [4.69, 9.17) is 5.11 Å². The third-order valence-electron chi connectivity index (χ3n) is 3.27. The van der Waals surface area contributed by atoms with E-state index in [0.29, 0.717) is 6.42 Å². The van der Waals surface area contributed by atoms with Crippen LogP contribution in [0.15, 0.2) is 18.2 Å². The van der Waals surface area contributed by atoms with Crippen LogP contribution in [0.2, 0.25) is 0 Å². The first-order valence-electron chi connectivity index (χ1n) is 7.15. The van der Waals surface area contributed by atoms with Crippen molar-refractivity contribution >= 4 is 11.6 Å². The summed E-state index contributed by atoms with van der Waals surface area (Å²) in [4.78, 5) is 11.9. The number of carbonyl (C=O) groups is 1. The Morgan fingerprint density at radius 3 is 2.75 bits per heavy atom. The smallest absolute Gasteiger partial charge is 0.227 e. The molecule has 0 spiro atoms. The fourth-order valence-corrected chi connectivity index (χ4v) is 1.75. The number of hydrogen-bond donors (Lipinski definition) is 2. The third-order valence-corrected chi connectivity index (χ3v) is 3.27. The second-order valence-corrected chi connectivity index (χ2v) is 4.80. The Kier molecular flexibility index (Phi) is 6.83. The van der Waals surface area contributed by atoms with Gasteiger partial charge in [0.2, 0.25) is 5.91 Å².